The number of hydrogen-bond acceptors (Lipinski definition) is 5. The van der Waals surface area contributed by atoms with Crippen LogP contribution in [0.15, 0.2) is 36.7 Å². The van der Waals surface area contributed by atoms with Gasteiger partial charge in [-0.1, -0.05) is 0 Å². The number of benzene rings is 2. The maximum absolute atomic E-state index is 13.4. The Hall–Kier alpha value is -3.29. The first-order chi connectivity index (χ1) is 12.4. The van der Waals surface area contributed by atoms with Crippen LogP contribution < -0.4 is 9.47 Å². The molecule has 0 saturated carbocycles. The second kappa shape index (κ2) is 6.91. The molecule has 134 valence electrons. The molecule has 5 nitrogen and oxygen atoms in total. The van der Waals surface area contributed by atoms with Gasteiger partial charge >= 0.3 is 0 Å². The van der Waals surface area contributed by atoms with Crippen LogP contribution in [0.1, 0.15) is 0 Å². The molecule has 26 heavy (non-hydrogen) atoms. The molecule has 0 spiro atoms. The van der Waals surface area contributed by atoms with Crippen LogP contribution in [0, 0.1) is 17.5 Å². The van der Waals surface area contributed by atoms with Gasteiger partial charge in [0, 0.05) is 35.7 Å². The first kappa shape index (κ1) is 17.5. The van der Waals surface area contributed by atoms with Gasteiger partial charge in [-0.25, -0.2) is 23.1 Å². The van der Waals surface area contributed by atoms with E-state index in [2.05, 4.69) is 9.97 Å². The van der Waals surface area contributed by atoms with E-state index in [0.29, 0.717) is 22.6 Å². The van der Waals surface area contributed by atoms with Crippen molar-refractivity contribution in [2.24, 2.45) is 0 Å². The van der Waals surface area contributed by atoms with Gasteiger partial charge < -0.3 is 14.6 Å². The number of phenols is 1. The van der Waals surface area contributed by atoms with Crippen molar-refractivity contribution < 1.29 is 27.8 Å². The molecule has 1 N–H and O–H groups in total. The van der Waals surface area contributed by atoms with Gasteiger partial charge in [-0.3, -0.25) is 0 Å². The Bertz CT molecular complexity index is 914. The number of hydrogen-bond donors (Lipinski definition) is 1. The van der Waals surface area contributed by atoms with E-state index in [-0.39, 0.29) is 17.1 Å². The van der Waals surface area contributed by atoms with Gasteiger partial charge in [0.1, 0.15) is 17.2 Å². The van der Waals surface area contributed by atoms with Crippen LogP contribution in [0.4, 0.5) is 13.2 Å². The Morgan fingerprint density at radius 1 is 0.808 bits per heavy atom. The molecule has 0 fully saturated rings. The molecule has 0 bridgehead atoms. The quantitative estimate of drug-likeness (QED) is 0.712. The molecule has 0 aliphatic rings. The average molecular weight is 362 g/mol. The fourth-order valence-corrected chi connectivity index (χ4v) is 2.47. The SMILES string of the molecule is COc1cc(O)cc(OC)c1-c1cnc(-c2cc(F)c(F)c(F)c2)nc1. The molecule has 0 aliphatic carbocycles. The van der Waals surface area contributed by atoms with E-state index in [1.54, 1.807) is 0 Å². The van der Waals surface area contributed by atoms with E-state index in [0.717, 1.165) is 12.1 Å². The van der Waals surface area contributed by atoms with Crippen molar-refractivity contribution in [3.05, 3.63) is 54.1 Å². The summed E-state index contributed by atoms with van der Waals surface area (Å²) in [6.45, 7) is 0. The minimum absolute atomic E-state index is 0.00224. The van der Waals surface area contributed by atoms with Crippen molar-refractivity contribution in [2.45, 2.75) is 0 Å². The lowest BCUT2D eigenvalue weighted by molar-refractivity contribution is 0.388. The highest BCUT2D eigenvalue weighted by Gasteiger charge is 2.17. The van der Waals surface area contributed by atoms with Gasteiger partial charge in [-0.05, 0) is 12.1 Å². The number of rotatable bonds is 4. The molecule has 0 saturated heterocycles. The predicted molar refractivity (Wildman–Crippen MR) is 87.5 cm³/mol. The molecule has 0 aliphatic heterocycles. The van der Waals surface area contributed by atoms with Crippen LogP contribution in [0.3, 0.4) is 0 Å². The number of phenolic OH excluding ortho intramolecular Hbond substituents is 1. The summed E-state index contributed by atoms with van der Waals surface area (Å²) < 4.78 is 50.3. The molecule has 0 unspecified atom stereocenters. The first-order valence-electron chi connectivity index (χ1n) is 7.37. The van der Waals surface area contributed by atoms with Gasteiger partial charge in [0.2, 0.25) is 0 Å². The standard InChI is InChI=1S/C18H13F3N2O3/c1-25-14-5-11(24)6-15(26-2)16(14)10-7-22-18(23-8-10)9-3-12(19)17(21)13(20)4-9/h3-8,24H,1-2H3. The molecule has 8 heteroatoms. The molecular weight excluding hydrogens is 349 g/mol. The second-order valence-corrected chi connectivity index (χ2v) is 5.27. The summed E-state index contributed by atoms with van der Waals surface area (Å²) in [4.78, 5) is 8.14. The Morgan fingerprint density at radius 2 is 1.31 bits per heavy atom. The molecule has 0 atom stereocenters. The molecule has 3 rings (SSSR count). The average Bonchev–Trinajstić information content (AvgIpc) is 2.65. The lowest BCUT2D eigenvalue weighted by Gasteiger charge is -2.13. The van der Waals surface area contributed by atoms with Crippen molar-refractivity contribution in [1.29, 1.82) is 0 Å². The highest BCUT2D eigenvalue weighted by atomic mass is 19.2. The van der Waals surface area contributed by atoms with Gasteiger partial charge in [0.05, 0.1) is 19.8 Å². The molecule has 1 heterocycles. The second-order valence-electron chi connectivity index (χ2n) is 5.27. The molecule has 3 aromatic rings. The van der Waals surface area contributed by atoms with Crippen molar-refractivity contribution >= 4 is 0 Å². The van der Waals surface area contributed by atoms with Crippen LogP contribution >= 0.6 is 0 Å². The number of ether oxygens (including phenoxy) is 2. The van der Waals surface area contributed by atoms with Gasteiger partial charge in [-0.15, -0.1) is 0 Å². The fraction of sp³-hybridized carbons (Fsp3) is 0.111. The smallest absolute Gasteiger partial charge is 0.194 e. The molecule has 1 aromatic heterocycles. The zero-order valence-electron chi connectivity index (χ0n) is 13.8. The van der Waals surface area contributed by atoms with Crippen LogP contribution in [-0.2, 0) is 0 Å². The van der Waals surface area contributed by atoms with E-state index >= 15 is 0 Å². The summed E-state index contributed by atoms with van der Waals surface area (Å²) >= 11 is 0. The van der Waals surface area contributed by atoms with E-state index in [4.69, 9.17) is 9.47 Å². The summed E-state index contributed by atoms with van der Waals surface area (Å²) in [5.74, 6) is -3.57. The number of methoxy groups -OCH3 is 2. The number of halogens is 3. The van der Waals surface area contributed by atoms with Crippen LogP contribution in [0.2, 0.25) is 0 Å². The molecule has 0 amide bonds. The summed E-state index contributed by atoms with van der Waals surface area (Å²) in [6.07, 6.45) is 2.80. The lowest BCUT2D eigenvalue weighted by atomic mass is 10.1. The zero-order chi connectivity index (χ0) is 18.8. The van der Waals surface area contributed by atoms with E-state index < -0.39 is 17.5 Å². The molecular formula is C18H13F3N2O3. The predicted octanol–water partition coefficient (Wildman–Crippen LogP) is 3.95. The van der Waals surface area contributed by atoms with Crippen LogP contribution in [0.25, 0.3) is 22.5 Å². The monoisotopic (exact) mass is 362 g/mol. The zero-order valence-corrected chi connectivity index (χ0v) is 13.8. The third kappa shape index (κ3) is 3.13. The molecule has 0 radical (unpaired) electrons. The van der Waals surface area contributed by atoms with Crippen LogP contribution in [-0.4, -0.2) is 29.3 Å². The first-order valence-corrected chi connectivity index (χ1v) is 7.37. The van der Waals surface area contributed by atoms with Crippen LogP contribution in [0.5, 0.6) is 17.2 Å². The van der Waals surface area contributed by atoms with E-state index in [1.165, 1.54) is 38.7 Å². The molecule has 2 aromatic carbocycles. The van der Waals surface area contributed by atoms with Gasteiger partial charge in [0.25, 0.3) is 0 Å². The number of aromatic nitrogens is 2. The van der Waals surface area contributed by atoms with Crippen molar-refractivity contribution in [3.8, 4) is 39.8 Å². The highest BCUT2D eigenvalue weighted by Crippen LogP contribution is 2.41. The highest BCUT2D eigenvalue weighted by molar-refractivity contribution is 5.77. The van der Waals surface area contributed by atoms with E-state index in [1.807, 2.05) is 0 Å². The lowest BCUT2D eigenvalue weighted by Crippen LogP contribution is -1.97. The van der Waals surface area contributed by atoms with Gasteiger partial charge in [-0.2, -0.15) is 0 Å². The normalized spacial score (nSPS) is 10.7. The summed E-state index contributed by atoms with van der Waals surface area (Å²) in [5, 5.41) is 9.70. The summed E-state index contributed by atoms with van der Waals surface area (Å²) in [5.41, 5.74) is 0.985. The summed E-state index contributed by atoms with van der Waals surface area (Å²) in [7, 11) is 2.86. The topological polar surface area (TPSA) is 64.5 Å². The summed E-state index contributed by atoms with van der Waals surface area (Å²) in [6, 6.07) is 4.43. The third-order valence-electron chi connectivity index (χ3n) is 3.67. The van der Waals surface area contributed by atoms with Gasteiger partial charge in [0.15, 0.2) is 23.3 Å². The van der Waals surface area contributed by atoms with Crippen molar-refractivity contribution in [3.63, 3.8) is 0 Å². The Morgan fingerprint density at radius 3 is 1.77 bits per heavy atom. The minimum atomic E-state index is -1.55. The maximum Gasteiger partial charge on any atom is 0.194 e. The minimum Gasteiger partial charge on any atom is -0.508 e. The Labute approximate surface area is 146 Å². The number of nitrogens with zero attached hydrogens (tertiary/aromatic N) is 2. The Kier molecular flexibility index (Phi) is 4.66. The van der Waals surface area contributed by atoms with Crippen molar-refractivity contribution in [1.82, 2.24) is 9.97 Å². The fourth-order valence-electron chi connectivity index (χ4n) is 2.47. The maximum atomic E-state index is 13.4. The number of aromatic hydroxyl groups is 1. The van der Waals surface area contributed by atoms with E-state index in [9.17, 15) is 18.3 Å². The largest absolute Gasteiger partial charge is 0.508 e. The van der Waals surface area contributed by atoms with Crippen molar-refractivity contribution in [2.75, 3.05) is 14.2 Å². The Balaban J connectivity index is 2.06. The third-order valence-corrected chi connectivity index (χ3v) is 3.67.